The Morgan fingerprint density at radius 2 is 0.970 bits per heavy atom. The van der Waals surface area contributed by atoms with Crippen LogP contribution in [-0.2, 0) is 19.1 Å². The number of ether oxygens (including phenoxy) is 2. The van der Waals surface area contributed by atoms with Gasteiger partial charge in [-0.3, -0.25) is 0 Å². The summed E-state index contributed by atoms with van der Waals surface area (Å²) in [7, 11) is 0.0317. The van der Waals surface area contributed by atoms with Crippen molar-refractivity contribution < 1.29 is 19.1 Å². The molecule has 4 nitrogen and oxygen atoms in total. The number of hydrogen-bond acceptors (Lipinski definition) is 4. The summed E-state index contributed by atoms with van der Waals surface area (Å²) in [5, 5.41) is 3.51. The summed E-state index contributed by atoms with van der Waals surface area (Å²) >= 11 is 0. The van der Waals surface area contributed by atoms with Crippen LogP contribution in [0.4, 0.5) is 0 Å². The van der Waals surface area contributed by atoms with Gasteiger partial charge < -0.3 is 0 Å². The topological polar surface area (TPSA) is 52.6 Å². The Morgan fingerprint density at radius 1 is 0.606 bits per heavy atom. The molecule has 33 heavy (non-hydrogen) atoms. The first-order valence-electron chi connectivity index (χ1n) is 10.8. The summed E-state index contributed by atoms with van der Waals surface area (Å²) < 4.78 is 10.6. The fourth-order valence-corrected chi connectivity index (χ4v) is 9.50. The van der Waals surface area contributed by atoms with Gasteiger partial charge in [-0.05, 0) is 0 Å². The van der Waals surface area contributed by atoms with Crippen molar-refractivity contribution in [3.05, 3.63) is 114 Å². The predicted octanol–water partition coefficient (Wildman–Crippen LogP) is 3.69. The van der Waals surface area contributed by atoms with E-state index in [1.165, 1.54) is 30.1 Å². The quantitative estimate of drug-likeness (QED) is 0.400. The summed E-state index contributed by atoms with van der Waals surface area (Å²) in [6.45, 7) is 1.71. The SMILES string of the molecule is COC1=C(OC)C(=O)C(C[PH](c2ccccc2)(c2ccccc2)c2ccccc2)=C(C)C1=O. The summed E-state index contributed by atoms with van der Waals surface area (Å²) in [6.07, 6.45) is 0.436. The fraction of sp³-hybridized carbons (Fsp3) is 0.143. The van der Waals surface area contributed by atoms with Crippen molar-refractivity contribution in [3.8, 4) is 0 Å². The Hall–Kier alpha value is -3.49. The predicted molar refractivity (Wildman–Crippen MR) is 135 cm³/mol. The molecule has 0 fully saturated rings. The molecule has 0 atom stereocenters. The average Bonchev–Trinajstić information content (AvgIpc) is 2.88. The molecule has 0 aromatic heterocycles. The second-order valence-corrected chi connectivity index (χ2v) is 11.9. The third kappa shape index (κ3) is 3.92. The van der Waals surface area contributed by atoms with E-state index in [9.17, 15) is 9.59 Å². The van der Waals surface area contributed by atoms with Gasteiger partial charge in [0.15, 0.2) is 0 Å². The minimum atomic E-state index is -2.75. The van der Waals surface area contributed by atoms with E-state index in [-0.39, 0.29) is 23.1 Å². The van der Waals surface area contributed by atoms with Gasteiger partial charge in [0, 0.05) is 0 Å². The molecule has 0 N–H and O–H groups in total. The molecule has 0 aliphatic heterocycles. The van der Waals surface area contributed by atoms with Crippen molar-refractivity contribution in [1.82, 2.24) is 0 Å². The van der Waals surface area contributed by atoms with Crippen molar-refractivity contribution in [2.75, 3.05) is 20.4 Å². The van der Waals surface area contributed by atoms with Crippen molar-refractivity contribution in [2.24, 2.45) is 0 Å². The number of benzene rings is 3. The number of carbonyl (C=O) groups excluding carboxylic acids is 2. The zero-order valence-corrected chi connectivity index (χ0v) is 20.0. The summed E-state index contributed by atoms with van der Waals surface area (Å²) in [5.74, 6) is -0.650. The summed E-state index contributed by atoms with van der Waals surface area (Å²) in [6, 6.07) is 30.9. The van der Waals surface area contributed by atoms with Crippen LogP contribution in [0, 0.1) is 0 Å². The van der Waals surface area contributed by atoms with Gasteiger partial charge in [-0.2, -0.15) is 0 Å². The van der Waals surface area contributed by atoms with E-state index in [0.29, 0.717) is 17.3 Å². The van der Waals surface area contributed by atoms with Crippen molar-refractivity contribution in [2.45, 2.75) is 6.92 Å². The molecule has 1 aliphatic rings. The standard InChI is InChI=1S/C28H27O4P/c1-20-24(26(30)28(32-3)27(31-2)25(20)29)19-33(21-13-7-4-8-14-21,22-15-9-5-10-16-22)23-17-11-6-12-18-23/h4-18,33H,19H2,1-3H3. The molecule has 0 unspecified atom stereocenters. The number of Topliss-reactive ketones (excluding diaryl/α,β-unsaturated/α-hetero) is 2. The molecular weight excluding hydrogens is 431 g/mol. The Morgan fingerprint density at radius 3 is 1.33 bits per heavy atom. The van der Waals surface area contributed by atoms with Gasteiger partial charge in [0.2, 0.25) is 0 Å². The number of ketones is 2. The van der Waals surface area contributed by atoms with Crippen molar-refractivity contribution >= 4 is 34.7 Å². The molecule has 0 saturated carbocycles. The maximum atomic E-state index is 13.6. The molecule has 1 aliphatic carbocycles. The molecule has 0 saturated heterocycles. The van der Waals surface area contributed by atoms with E-state index in [2.05, 4.69) is 36.4 Å². The van der Waals surface area contributed by atoms with E-state index in [0.717, 1.165) is 0 Å². The maximum absolute atomic E-state index is 13.6. The third-order valence-corrected chi connectivity index (χ3v) is 11.2. The Kier molecular flexibility index (Phi) is 6.57. The Labute approximate surface area is 194 Å². The Bertz CT molecular complexity index is 1130. The molecule has 5 heteroatoms. The van der Waals surface area contributed by atoms with Crippen LogP contribution in [-0.4, -0.2) is 31.9 Å². The first-order chi connectivity index (χ1) is 16.0. The second kappa shape index (κ2) is 9.56. The Balaban J connectivity index is 2.00. The van der Waals surface area contributed by atoms with E-state index in [1.807, 2.05) is 54.6 Å². The fourth-order valence-electron chi connectivity index (χ4n) is 4.64. The monoisotopic (exact) mass is 458 g/mol. The van der Waals surface area contributed by atoms with Crippen molar-refractivity contribution in [1.29, 1.82) is 0 Å². The zero-order valence-electron chi connectivity index (χ0n) is 19.0. The summed E-state index contributed by atoms with van der Waals surface area (Å²) in [5.41, 5.74) is 0.901. The van der Waals surface area contributed by atoms with Crippen LogP contribution in [0.25, 0.3) is 0 Å². The molecule has 3 aromatic rings. The van der Waals surface area contributed by atoms with Gasteiger partial charge in [-0.25, -0.2) is 0 Å². The van der Waals surface area contributed by atoms with Crippen LogP contribution in [0.2, 0.25) is 0 Å². The molecule has 0 amide bonds. The number of carbonyl (C=O) groups is 2. The molecule has 0 bridgehead atoms. The van der Waals surface area contributed by atoms with Crippen molar-refractivity contribution in [3.63, 3.8) is 0 Å². The van der Waals surface area contributed by atoms with Gasteiger partial charge >= 0.3 is 195 Å². The third-order valence-electron chi connectivity index (χ3n) is 6.34. The van der Waals surface area contributed by atoms with E-state index < -0.39 is 7.26 Å². The molecule has 0 heterocycles. The summed E-state index contributed by atoms with van der Waals surface area (Å²) in [4.78, 5) is 26.7. The number of allylic oxidation sites excluding steroid dienone is 2. The number of hydrogen-bond donors (Lipinski definition) is 0. The minimum absolute atomic E-state index is 0.0276. The first kappa shape index (κ1) is 22.7. The molecular formula is C28H27O4P. The van der Waals surface area contributed by atoms with Gasteiger partial charge in [-0.15, -0.1) is 0 Å². The number of rotatable bonds is 7. The molecule has 168 valence electrons. The van der Waals surface area contributed by atoms with Crippen LogP contribution in [0.5, 0.6) is 0 Å². The molecule has 0 spiro atoms. The second-order valence-electron chi connectivity index (χ2n) is 8.01. The van der Waals surface area contributed by atoms with Crippen LogP contribution >= 0.6 is 7.26 Å². The van der Waals surface area contributed by atoms with Crippen LogP contribution < -0.4 is 15.9 Å². The normalized spacial score (nSPS) is 15.0. The molecule has 0 radical (unpaired) electrons. The molecule has 3 aromatic carbocycles. The number of methoxy groups -OCH3 is 2. The van der Waals surface area contributed by atoms with E-state index in [1.54, 1.807) is 6.92 Å². The molecule has 4 rings (SSSR count). The first-order valence-corrected chi connectivity index (χ1v) is 13.0. The van der Waals surface area contributed by atoms with Crippen LogP contribution in [0.15, 0.2) is 114 Å². The van der Waals surface area contributed by atoms with Crippen LogP contribution in [0.3, 0.4) is 0 Å². The van der Waals surface area contributed by atoms with Crippen LogP contribution in [0.1, 0.15) is 6.92 Å². The van der Waals surface area contributed by atoms with E-state index in [4.69, 9.17) is 9.47 Å². The average molecular weight is 458 g/mol. The zero-order chi connectivity index (χ0) is 23.4. The van der Waals surface area contributed by atoms with Gasteiger partial charge in [0.25, 0.3) is 0 Å². The van der Waals surface area contributed by atoms with E-state index >= 15 is 0 Å². The van der Waals surface area contributed by atoms with Gasteiger partial charge in [0.1, 0.15) is 0 Å². The van der Waals surface area contributed by atoms with Gasteiger partial charge in [-0.1, -0.05) is 0 Å². The van der Waals surface area contributed by atoms with Gasteiger partial charge in [0.05, 0.1) is 0 Å².